The first kappa shape index (κ1) is 23.6. The Labute approximate surface area is 190 Å². The van der Waals surface area contributed by atoms with Crippen molar-refractivity contribution in [1.29, 1.82) is 0 Å². The number of nitrogens with zero attached hydrogens (tertiary/aromatic N) is 4. The van der Waals surface area contributed by atoms with Gasteiger partial charge in [0, 0.05) is 28.8 Å². The van der Waals surface area contributed by atoms with E-state index in [9.17, 15) is 30.8 Å². The monoisotopic (exact) mass is 499 g/mol. The summed E-state index contributed by atoms with van der Waals surface area (Å²) in [5.74, 6) is -2.33. The van der Waals surface area contributed by atoms with Crippen molar-refractivity contribution >= 4 is 32.8 Å². The maximum Gasteiger partial charge on any atom is 0.325 e. The number of rotatable bonds is 6. The summed E-state index contributed by atoms with van der Waals surface area (Å²) in [6, 6.07) is 3.15. The predicted octanol–water partition coefficient (Wildman–Crippen LogP) is 2.77. The van der Waals surface area contributed by atoms with Gasteiger partial charge in [0.25, 0.3) is 6.43 Å². The van der Waals surface area contributed by atoms with Gasteiger partial charge in [-0.2, -0.15) is 4.98 Å². The van der Waals surface area contributed by atoms with Crippen LogP contribution in [0, 0.1) is 11.6 Å². The number of carbonyl (C=O) groups is 1. The zero-order chi connectivity index (χ0) is 24.8. The number of urea groups is 1. The minimum absolute atomic E-state index is 0.156. The van der Waals surface area contributed by atoms with Gasteiger partial charge in [0.2, 0.25) is 15.9 Å². The molecule has 0 unspecified atom stereocenters. The molecular formula is C20H17F4N5O4S. The molecule has 1 aliphatic rings. The predicted molar refractivity (Wildman–Crippen MR) is 112 cm³/mol. The topological polar surface area (TPSA) is 119 Å². The van der Waals surface area contributed by atoms with Gasteiger partial charge in [0.15, 0.2) is 5.65 Å². The fourth-order valence-electron chi connectivity index (χ4n) is 3.68. The maximum absolute atomic E-state index is 14.7. The zero-order valence-electron chi connectivity index (χ0n) is 17.5. The second kappa shape index (κ2) is 8.68. The van der Waals surface area contributed by atoms with Gasteiger partial charge in [0.1, 0.15) is 11.6 Å². The number of hydrogen-bond acceptors (Lipinski definition) is 6. The van der Waals surface area contributed by atoms with Crippen LogP contribution in [0.15, 0.2) is 35.4 Å². The van der Waals surface area contributed by atoms with Crippen molar-refractivity contribution in [3.63, 3.8) is 0 Å². The van der Waals surface area contributed by atoms with Crippen LogP contribution in [-0.2, 0) is 23.1 Å². The highest BCUT2D eigenvalue weighted by Gasteiger charge is 2.35. The minimum atomic E-state index is -4.40. The molecule has 9 nitrogen and oxygen atoms in total. The van der Waals surface area contributed by atoms with Gasteiger partial charge in [-0.1, -0.05) is 0 Å². The Kier molecular flexibility index (Phi) is 6.03. The number of aromatic nitrogens is 2. The number of nitrogens with two attached hydrogens (primary N) is 1. The number of benzene rings is 1. The number of sulfonamides is 1. The molecule has 1 aromatic carbocycles. The number of alkyl halides is 2. The Bertz CT molecular complexity index is 1380. The third-order valence-corrected chi connectivity index (χ3v) is 6.10. The van der Waals surface area contributed by atoms with E-state index in [1.54, 1.807) is 0 Å². The highest BCUT2D eigenvalue weighted by molar-refractivity contribution is 7.89. The first-order valence-electron chi connectivity index (χ1n) is 9.67. The van der Waals surface area contributed by atoms with Gasteiger partial charge >= 0.3 is 6.03 Å². The van der Waals surface area contributed by atoms with E-state index in [0.717, 1.165) is 9.80 Å². The van der Waals surface area contributed by atoms with Crippen LogP contribution < -0.4 is 14.8 Å². The average molecular weight is 499 g/mol. The van der Waals surface area contributed by atoms with Crippen LogP contribution in [-0.4, -0.2) is 49.4 Å². The Hall–Kier alpha value is -3.52. The first-order chi connectivity index (χ1) is 16.0. The molecule has 0 aliphatic carbocycles. The smallest absolute Gasteiger partial charge is 0.325 e. The summed E-state index contributed by atoms with van der Waals surface area (Å²) in [4.78, 5) is 22.5. The molecule has 0 spiro atoms. The molecule has 34 heavy (non-hydrogen) atoms. The van der Waals surface area contributed by atoms with E-state index in [4.69, 9.17) is 9.88 Å². The normalized spacial score (nSPS) is 14.1. The maximum atomic E-state index is 14.7. The highest BCUT2D eigenvalue weighted by Crippen LogP contribution is 2.37. The number of primary sulfonamides is 1. The van der Waals surface area contributed by atoms with E-state index in [1.165, 1.54) is 25.4 Å². The lowest BCUT2D eigenvalue weighted by molar-refractivity contribution is 0.0960. The first-order valence-corrected chi connectivity index (χ1v) is 11.2. The number of ether oxygens (including phenoxy) is 1. The molecule has 4 rings (SSSR count). The van der Waals surface area contributed by atoms with Crippen LogP contribution in [0.4, 0.5) is 28.0 Å². The Morgan fingerprint density at radius 3 is 2.47 bits per heavy atom. The Balaban J connectivity index is 1.87. The summed E-state index contributed by atoms with van der Waals surface area (Å²) < 4.78 is 83.7. The molecule has 2 amide bonds. The van der Waals surface area contributed by atoms with E-state index >= 15 is 0 Å². The van der Waals surface area contributed by atoms with Crippen molar-refractivity contribution in [2.45, 2.75) is 24.4 Å². The van der Waals surface area contributed by atoms with Crippen LogP contribution >= 0.6 is 0 Å². The lowest BCUT2D eigenvalue weighted by Gasteiger charge is -2.37. The fraction of sp³-hybridized carbons (Fsp3) is 0.250. The third-order valence-electron chi connectivity index (χ3n) is 5.21. The summed E-state index contributed by atoms with van der Waals surface area (Å²) in [5, 5.41) is 5.26. The molecule has 3 aromatic rings. The van der Waals surface area contributed by atoms with Crippen molar-refractivity contribution in [2.75, 3.05) is 18.6 Å². The number of anilines is 1. The van der Waals surface area contributed by atoms with Gasteiger partial charge in [-0.25, -0.2) is 40.9 Å². The quantitative estimate of drug-likeness (QED) is 0.521. The minimum Gasteiger partial charge on any atom is -0.481 e. The molecule has 3 heterocycles. The molecule has 0 atom stereocenters. The zero-order valence-corrected chi connectivity index (χ0v) is 18.3. The number of carbonyl (C=O) groups excluding carboxylic acids is 1. The average Bonchev–Trinajstić information content (AvgIpc) is 2.76. The summed E-state index contributed by atoms with van der Waals surface area (Å²) in [6.07, 6.45) is -1.52. The molecule has 0 saturated carbocycles. The summed E-state index contributed by atoms with van der Waals surface area (Å²) in [5.41, 5.74) is 0.0347. The van der Waals surface area contributed by atoms with Gasteiger partial charge in [-0.15, -0.1) is 0 Å². The van der Waals surface area contributed by atoms with E-state index in [2.05, 4.69) is 9.97 Å². The van der Waals surface area contributed by atoms with Crippen molar-refractivity contribution in [3.8, 4) is 5.88 Å². The lowest BCUT2D eigenvalue weighted by Crippen LogP contribution is -2.48. The van der Waals surface area contributed by atoms with Crippen molar-refractivity contribution < 1.29 is 35.5 Å². The second-order valence-corrected chi connectivity index (χ2v) is 8.97. The molecule has 0 saturated heterocycles. The van der Waals surface area contributed by atoms with Crippen molar-refractivity contribution in [1.82, 2.24) is 14.9 Å². The molecule has 14 heteroatoms. The molecule has 1 aliphatic heterocycles. The number of methoxy groups -OCH3 is 1. The largest absolute Gasteiger partial charge is 0.481 e. The third kappa shape index (κ3) is 4.33. The van der Waals surface area contributed by atoms with Gasteiger partial charge < -0.3 is 9.64 Å². The van der Waals surface area contributed by atoms with Crippen molar-refractivity contribution in [3.05, 3.63) is 53.2 Å². The van der Waals surface area contributed by atoms with Crippen LogP contribution in [0.1, 0.15) is 11.1 Å². The van der Waals surface area contributed by atoms with E-state index in [0.29, 0.717) is 23.1 Å². The fourth-order valence-corrected chi connectivity index (χ4v) is 4.22. The SMILES string of the molecule is COc1ccc2c3c(cnc2n1)CN(CC(F)F)C(=O)N3Cc1c(F)cc(S(N)(=O)=O)cc1F. The molecule has 2 N–H and O–H groups in total. The van der Waals surface area contributed by atoms with E-state index < -0.39 is 57.7 Å². The molecule has 2 aromatic heterocycles. The Morgan fingerprint density at radius 2 is 1.88 bits per heavy atom. The Morgan fingerprint density at radius 1 is 1.21 bits per heavy atom. The van der Waals surface area contributed by atoms with Crippen LogP contribution in [0.5, 0.6) is 5.88 Å². The van der Waals surface area contributed by atoms with Gasteiger partial charge in [0.05, 0.1) is 37.3 Å². The van der Waals surface area contributed by atoms with Crippen LogP contribution in [0.3, 0.4) is 0 Å². The second-order valence-electron chi connectivity index (χ2n) is 7.41. The number of amides is 2. The van der Waals surface area contributed by atoms with Crippen LogP contribution in [0.2, 0.25) is 0 Å². The molecule has 0 radical (unpaired) electrons. The lowest BCUT2D eigenvalue weighted by atomic mass is 10.1. The number of pyridine rings is 2. The summed E-state index contributed by atoms with van der Waals surface area (Å²) in [7, 11) is -3.01. The highest BCUT2D eigenvalue weighted by atomic mass is 32.2. The molecule has 0 bridgehead atoms. The van der Waals surface area contributed by atoms with E-state index in [1.807, 2.05) is 0 Å². The van der Waals surface area contributed by atoms with Crippen molar-refractivity contribution in [2.24, 2.45) is 5.14 Å². The molecule has 180 valence electrons. The van der Waals surface area contributed by atoms with Gasteiger partial charge in [-0.05, 0) is 18.2 Å². The molecular weight excluding hydrogens is 482 g/mol. The van der Waals surface area contributed by atoms with E-state index in [-0.39, 0.29) is 23.8 Å². The van der Waals surface area contributed by atoms with Gasteiger partial charge in [-0.3, -0.25) is 4.90 Å². The number of halogens is 4. The molecule has 0 fully saturated rings. The summed E-state index contributed by atoms with van der Waals surface area (Å²) >= 11 is 0. The number of hydrogen-bond donors (Lipinski definition) is 1. The number of fused-ring (bicyclic) bond motifs is 3. The van der Waals surface area contributed by atoms with Crippen LogP contribution in [0.25, 0.3) is 11.0 Å². The standard InChI is InChI=1S/C20H17F4N5O4S/c1-33-17-3-2-12-18-10(6-26-19(12)27-17)7-28(9-16(23)24)20(30)29(18)8-13-14(21)4-11(5-15(13)22)34(25,31)32/h2-6,16H,7-9H2,1H3,(H2,25,31,32). The summed E-state index contributed by atoms with van der Waals surface area (Å²) in [6.45, 7) is -1.85.